The second-order valence-corrected chi connectivity index (χ2v) is 7.69. The van der Waals surface area contributed by atoms with Gasteiger partial charge in [0.1, 0.15) is 4.21 Å². The van der Waals surface area contributed by atoms with E-state index in [4.69, 9.17) is 5.73 Å². The van der Waals surface area contributed by atoms with E-state index in [9.17, 15) is 8.42 Å². The fraction of sp³-hybridized carbons (Fsp3) is 0.286. The van der Waals surface area contributed by atoms with Gasteiger partial charge in [0.15, 0.2) is 0 Å². The van der Waals surface area contributed by atoms with Gasteiger partial charge in [-0.15, -0.1) is 11.3 Å². The van der Waals surface area contributed by atoms with Crippen LogP contribution in [0.4, 0.5) is 5.69 Å². The SMILES string of the molecule is CCN(c1ccc(C)cc1)S(=O)(=O)c1ccc(CN)s1. The molecule has 0 saturated carbocycles. The number of hydrogen-bond acceptors (Lipinski definition) is 4. The van der Waals surface area contributed by atoms with Crippen LogP contribution in [-0.4, -0.2) is 15.0 Å². The number of anilines is 1. The number of nitrogens with two attached hydrogens (primary N) is 1. The third kappa shape index (κ3) is 2.87. The van der Waals surface area contributed by atoms with Crippen LogP contribution in [0.5, 0.6) is 0 Å². The standard InChI is InChI=1S/C14H18N2O2S2/c1-3-16(12-6-4-11(2)5-7-12)20(17,18)14-9-8-13(10-15)19-14/h4-9H,3,10,15H2,1-2H3. The van der Waals surface area contributed by atoms with Crippen LogP contribution in [0.3, 0.4) is 0 Å². The van der Waals surface area contributed by atoms with E-state index in [0.29, 0.717) is 23.0 Å². The summed E-state index contributed by atoms with van der Waals surface area (Å²) in [6.07, 6.45) is 0. The highest BCUT2D eigenvalue weighted by molar-refractivity contribution is 7.94. The fourth-order valence-corrected chi connectivity index (χ4v) is 4.74. The second-order valence-electron chi connectivity index (χ2n) is 4.43. The van der Waals surface area contributed by atoms with E-state index < -0.39 is 10.0 Å². The maximum atomic E-state index is 12.7. The Balaban J connectivity index is 2.41. The van der Waals surface area contributed by atoms with Gasteiger partial charge in [0.25, 0.3) is 10.0 Å². The van der Waals surface area contributed by atoms with Crippen molar-refractivity contribution in [3.05, 3.63) is 46.8 Å². The smallest absolute Gasteiger partial charge is 0.273 e. The Morgan fingerprint density at radius 1 is 1.15 bits per heavy atom. The van der Waals surface area contributed by atoms with Crippen LogP contribution in [0.1, 0.15) is 17.4 Å². The van der Waals surface area contributed by atoms with Crippen LogP contribution < -0.4 is 10.0 Å². The molecule has 108 valence electrons. The van der Waals surface area contributed by atoms with Crippen molar-refractivity contribution in [2.24, 2.45) is 5.73 Å². The summed E-state index contributed by atoms with van der Waals surface area (Å²) in [7, 11) is -3.51. The van der Waals surface area contributed by atoms with Crippen molar-refractivity contribution in [1.82, 2.24) is 0 Å². The molecule has 1 heterocycles. The number of hydrogen-bond donors (Lipinski definition) is 1. The Kier molecular flexibility index (Phi) is 4.47. The first-order valence-corrected chi connectivity index (χ1v) is 8.63. The average molecular weight is 310 g/mol. The van der Waals surface area contributed by atoms with Crippen LogP contribution in [0.2, 0.25) is 0 Å². The van der Waals surface area contributed by atoms with Crippen molar-refractivity contribution in [1.29, 1.82) is 0 Å². The maximum absolute atomic E-state index is 12.7. The van der Waals surface area contributed by atoms with Gasteiger partial charge in [0, 0.05) is 18.0 Å². The minimum absolute atomic E-state index is 0.334. The molecular formula is C14H18N2O2S2. The molecule has 0 unspecified atom stereocenters. The molecule has 0 radical (unpaired) electrons. The molecule has 20 heavy (non-hydrogen) atoms. The third-order valence-electron chi connectivity index (χ3n) is 2.99. The minimum atomic E-state index is -3.51. The Bertz CT molecular complexity index is 675. The molecule has 0 atom stereocenters. The molecular weight excluding hydrogens is 292 g/mol. The van der Waals surface area contributed by atoms with Gasteiger partial charge < -0.3 is 5.73 Å². The van der Waals surface area contributed by atoms with Crippen LogP contribution in [0.25, 0.3) is 0 Å². The summed E-state index contributed by atoms with van der Waals surface area (Å²) in [4.78, 5) is 0.864. The Morgan fingerprint density at radius 3 is 2.30 bits per heavy atom. The molecule has 6 heteroatoms. The average Bonchev–Trinajstić information content (AvgIpc) is 2.91. The first-order valence-electron chi connectivity index (χ1n) is 6.37. The zero-order chi connectivity index (χ0) is 14.8. The molecule has 0 amide bonds. The lowest BCUT2D eigenvalue weighted by molar-refractivity contribution is 0.594. The summed E-state index contributed by atoms with van der Waals surface area (Å²) in [5.41, 5.74) is 7.33. The first-order chi connectivity index (χ1) is 9.48. The molecule has 1 aromatic heterocycles. The van der Waals surface area contributed by atoms with Crippen molar-refractivity contribution in [2.75, 3.05) is 10.8 Å². The van der Waals surface area contributed by atoms with E-state index in [1.54, 1.807) is 12.1 Å². The van der Waals surface area contributed by atoms with Crippen LogP contribution in [0.15, 0.2) is 40.6 Å². The van der Waals surface area contributed by atoms with Crippen LogP contribution in [0, 0.1) is 6.92 Å². The van der Waals surface area contributed by atoms with Gasteiger partial charge in [0.05, 0.1) is 5.69 Å². The number of thiophene rings is 1. The maximum Gasteiger partial charge on any atom is 0.273 e. The van der Waals surface area contributed by atoms with Gasteiger partial charge in [0.2, 0.25) is 0 Å². The molecule has 0 saturated heterocycles. The molecule has 2 aromatic rings. The summed E-state index contributed by atoms with van der Waals surface area (Å²) < 4.78 is 27.1. The van der Waals surface area contributed by atoms with Gasteiger partial charge in [-0.25, -0.2) is 8.42 Å². The predicted molar refractivity (Wildman–Crippen MR) is 83.6 cm³/mol. The summed E-state index contributed by atoms with van der Waals surface area (Å²) in [5, 5.41) is 0. The molecule has 0 fully saturated rings. The van der Waals surface area contributed by atoms with Gasteiger partial charge in [-0.2, -0.15) is 0 Å². The highest BCUT2D eigenvalue weighted by Gasteiger charge is 2.25. The number of sulfonamides is 1. The van der Waals surface area contributed by atoms with Gasteiger partial charge in [-0.1, -0.05) is 17.7 Å². The van der Waals surface area contributed by atoms with E-state index in [2.05, 4.69) is 0 Å². The van der Waals surface area contributed by atoms with Crippen molar-refractivity contribution < 1.29 is 8.42 Å². The van der Waals surface area contributed by atoms with E-state index in [-0.39, 0.29) is 0 Å². The van der Waals surface area contributed by atoms with Gasteiger partial charge >= 0.3 is 0 Å². The molecule has 0 aliphatic carbocycles. The lowest BCUT2D eigenvalue weighted by atomic mass is 10.2. The molecule has 0 aliphatic heterocycles. The van der Waals surface area contributed by atoms with Crippen molar-refractivity contribution in [2.45, 2.75) is 24.6 Å². The van der Waals surface area contributed by atoms with Crippen molar-refractivity contribution in [3.8, 4) is 0 Å². The normalized spacial score (nSPS) is 11.6. The van der Waals surface area contributed by atoms with E-state index in [1.807, 2.05) is 38.1 Å². The zero-order valence-corrected chi connectivity index (χ0v) is 13.2. The molecule has 1 aromatic carbocycles. The minimum Gasteiger partial charge on any atom is -0.326 e. The molecule has 0 aliphatic rings. The summed E-state index contributed by atoms with van der Waals surface area (Å²) in [6.45, 7) is 4.55. The number of rotatable bonds is 5. The molecule has 2 N–H and O–H groups in total. The van der Waals surface area contributed by atoms with Crippen molar-refractivity contribution in [3.63, 3.8) is 0 Å². The largest absolute Gasteiger partial charge is 0.326 e. The van der Waals surface area contributed by atoms with Gasteiger partial charge in [-0.3, -0.25) is 4.31 Å². The Labute approximate surface area is 123 Å². The predicted octanol–water partition coefficient (Wildman–Crippen LogP) is 2.73. The topological polar surface area (TPSA) is 63.4 Å². The zero-order valence-electron chi connectivity index (χ0n) is 11.5. The quantitative estimate of drug-likeness (QED) is 0.923. The summed E-state index contributed by atoms with van der Waals surface area (Å²) in [6, 6.07) is 10.9. The highest BCUT2D eigenvalue weighted by Crippen LogP contribution is 2.28. The first kappa shape index (κ1) is 15.0. The lowest BCUT2D eigenvalue weighted by Crippen LogP contribution is -2.30. The monoisotopic (exact) mass is 310 g/mol. The Hall–Kier alpha value is -1.37. The molecule has 0 spiro atoms. The molecule has 0 bridgehead atoms. The van der Waals surface area contributed by atoms with E-state index in [1.165, 1.54) is 15.6 Å². The van der Waals surface area contributed by atoms with Gasteiger partial charge in [-0.05, 0) is 38.1 Å². The number of nitrogens with zero attached hydrogens (tertiary/aromatic N) is 1. The van der Waals surface area contributed by atoms with Crippen LogP contribution in [-0.2, 0) is 16.6 Å². The third-order valence-corrected chi connectivity index (χ3v) is 6.47. The number of benzene rings is 1. The lowest BCUT2D eigenvalue weighted by Gasteiger charge is -2.22. The highest BCUT2D eigenvalue weighted by atomic mass is 32.2. The molecule has 4 nitrogen and oxygen atoms in total. The van der Waals surface area contributed by atoms with E-state index in [0.717, 1.165) is 10.4 Å². The van der Waals surface area contributed by atoms with Crippen LogP contribution >= 0.6 is 11.3 Å². The fourth-order valence-electron chi connectivity index (χ4n) is 1.92. The Morgan fingerprint density at radius 2 is 1.80 bits per heavy atom. The second kappa shape index (κ2) is 5.95. The molecule has 2 rings (SSSR count). The van der Waals surface area contributed by atoms with E-state index >= 15 is 0 Å². The summed E-state index contributed by atoms with van der Waals surface area (Å²) in [5.74, 6) is 0. The number of aryl methyl sites for hydroxylation is 1. The van der Waals surface area contributed by atoms with Crippen molar-refractivity contribution >= 4 is 27.0 Å². The summed E-state index contributed by atoms with van der Waals surface area (Å²) >= 11 is 1.23.